The lowest BCUT2D eigenvalue weighted by Crippen LogP contribution is -2.41. The van der Waals surface area contributed by atoms with Crippen LogP contribution in [-0.4, -0.2) is 41.2 Å². The Balaban J connectivity index is 2.67. The Kier molecular flexibility index (Phi) is 6.76. The van der Waals surface area contributed by atoms with Crippen molar-refractivity contribution in [1.29, 1.82) is 0 Å². The van der Waals surface area contributed by atoms with E-state index in [0.29, 0.717) is 11.3 Å². The molecular weight excluding hydrogens is 314 g/mol. The number of ether oxygens (including phenoxy) is 2. The van der Waals surface area contributed by atoms with Gasteiger partial charge in [-0.2, -0.15) is 0 Å². The lowest BCUT2D eigenvalue weighted by molar-refractivity contribution is -0.157. The Morgan fingerprint density at radius 3 is 2.46 bits per heavy atom. The van der Waals surface area contributed by atoms with E-state index in [1.165, 1.54) is 6.92 Å². The number of carbonyl (C=O) groups is 3. The van der Waals surface area contributed by atoms with E-state index in [-0.39, 0.29) is 13.0 Å². The topological polar surface area (TPSA) is 102 Å². The van der Waals surface area contributed by atoms with Crippen LogP contribution in [-0.2, 0) is 25.5 Å². The molecule has 0 fully saturated rings. The third kappa shape index (κ3) is 7.62. The average Bonchev–Trinajstić information content (AvgIpc) is 2.42. The zero-order valence-corrected chi connectivity index (χ0v) is 14.3. The fourth-order valence-corrected chi connectivity index (χ4v) is 1.96. The molecule has 1 atom stereocenters. The van der Waals surface area contributed by atoms with Crippen molar-refractivity contribution >= 4 is 17.8 Å². The van der Waals surface area contributed by atoms with Gasteiger partial charge in [0.25, 0.3) is 0 Å². The van der Waals surface area contributed by atoms with Gasteiger partial charge in [-0.1, -0.05) is 12.1 Å². The Labute approximate surface area is 141 Å². The maximum Gasteiger partial charge on any atom is 0.344 e. The van der Waals surface area contributed by atoms with Gasteiger partial charge in [0, 0.05) is 13.3 Å². The van der Waals surface area contributed by atoms with E-state index in [1.54, 1.807) is 45.0 Å². The molecule has 1 amide bonds. The molecule has 0 aliphatic rings. The van der Waals surface area contributed by atoms with Crippen LogP contribution < -0.4 is 10.1 Å². The fourth-order valence-electron chi connectivity index (χ4n) is 1.96. The largest absolute Gasteiger partial charge is 0.482 e. The Hall–Kier alpha value is -2.57. The molecule has 0 unspecified atom stereocenters. The summed E-state index contributed by atoms with van der Waals surface area (Å²) in [6.45, 7) is 6.31. The first-order chi connectivity index (χ1) is 11.1. The molecule has 0 aliphatic carbocycles. The predicted octanol–water partition coefficient (Wildman–Crippen LogP) is 1.54. The third-order valence-electron chi connectivity index (χ3n) is 2.79. The summed E-state index contributed by atoms with van der Waals surface area (Å²) < 4.78 is 10.5. The molecule has 0 heterocycles. The first-order valence-electron chi connectivity index (χ1n) is 7.50. The second-order valence-electron chi connectivity index (χ2n) is 6.32. The summed E-state index contributed by atoms with van der Waals surface area (Å²) in [7, 11) is 0. The van der Waals surface area contributed by atoms with E-state index < -0.39 is 29.5 Å². The number of carboxylic acids is 1. The van der Waals surface area contributed by atoms with Crippen molar-refractivity contribution in [1.82, 2.24) is 5.32 Å². The average molecular weight is 337 g/mol. The van der Waals surface area contributed by atoms with Crippen LogP contribution in [0.15, 0.2) is 24.3 Å². The zero-order valence-electron chi connectivity index (χ0n) is 14.3. The molecule has 7 nitrogen and oxygen atoms in total. The van der Waals surface area contributed by atoms with Crippen molar-refractivity contribution in [2.45, 2.75) is 45.8 Å². The van der Waals surface area contributed by atoms with E-state index in [0.717, 1.165) is 0 Å². The molecule has 132 valence electrons. The van der Waals surface area contributed by atoms with Crippen molar-refractivity contribution in [3.63, 3.8) is 0 Å². The molecule has 0 saturated carbocycles. The first kappa shape index (κ1) is 19.5. The quantitative estimate of drug-likeness (QED) is 0.732. The number of carbonyl (C=O) groups excluding carboxylic acids is 2. The monoisotopic (exact) mass is 337 g/mol. The summed E-state index contributed by atoms with van der Waals surface area (Å²) >= 11 is 0. The Morgan fingerprint density at radius 1 is 1.25 bits per heavy atom. The minimum atomic E-state index is -1.12. The highest BCUT2D eigenvalue weighted by molar-refractivity contribution is 5.82. The molecule has 0 bridgehead atoms. The van der Waals surface area contributed by atoms with Crippen LogP contribution in [0.5, 0.6) is 5.75 Å². The van der Waals surface area contributed by atoms with Gasteiger partial charge >= 0.3 is 11.9 Å². The summed E-state index contributed by atoms with van der Waals surface area (Å²) in [6.07, 6.45) is 0.110. The lowest BCUT2D eigenvalue weighted by atomic mass is 10.1. The van der Waals surface area contributed by atoms with Crippen molar-refractivity contribution in [2.24, 2.45) is 0 Å². The van der Waals surface area contributed by atoms with Crippen LogP contribution in [0.25, 0.3) is 0 Å². The van der Waals surface area contributed by atoms with Crippen molar-refractivity contribution in [2.75, 3.05) is 6.61 Å². The molecule has 1 aromatic rings. The van der Waals surface area contributed by atoms with Crippen LogP contribution >= 0.6 is 0 Å². The van der Waals surface area contributed by atoms with E-state index in [4.69, 9.17) is 14.6 Å². The number of carboxylic acid groups (broad SMARTS) is 1. The molecule has 2 N–H and O–H groups in total. The molecule has 0 radical (unpaired) electrons. The van der Waals surface area contributed by atoms with Crippen LogP contribution in [0.3, 0.4) is 0 Å². The first-order valence-corrected chi connectivity index (χ1v) is 7.50. The molecule has 1 aromatic carbocycles. The second-order valence-corrected chi connectivity index (χ2v) is 6.32. The van der Waals surface area contributed by atoms with Gasteiger partial charge in [-0.25, -0.2) is 9.59 Å². The van der Waals surface area contributed by atoms with E-state index in [9.17, 15) is 14.4 Å². The summed E-state index contributed by atoms with van der Waals surface area (Å²) in [4.78, 5) is 33.9. The lowest BCUT2D eigenvalue weighted by Gasteiger charge is -2.19. The van der Waals surface area contributed by atoms with E-state index in [2.05, 4.69) is 5.32 Å². The van der Waals surface area contributed by atoms with Crippen LogP contribution in [0.1, 0.15) is 33.3 Å². The third-order valence-corrected chi connectivity index (χ3v) is 2.79. The number of amides is 1. The van der Waals surface area contributed by atoms with Crippen LogP contribution in [0, 0.1) is 0 Å². The molecule has 0 saturated heterocycles. The normalized spacial score (nSPS) is 12.2. The zero-order chi connectivity index (χ0) is 18.3. The maximum absolute atomic E-state index is 11.6. The highest BCUT2D eigenvalue weighted by Gasteiger charge is 2.19. The number of rotatable bonds is 7. The van der Waals surface area contributed by atoms with Crippen molar-refractivity contribution in [3.8, 4) is 5.75 Å². The Morgan fingerprint density at radius 2 is 1.92 bits per heavy atom. The molecule has 24 heavy (non-hydrogen) atoms. The summed E-state index contributed by atoms with van der Waals surface area (Å²) in [5.74, 6) is -1.61. The maximum atomic E-state index is 11.6. The summed E-state index contributed by atoms with van der Waals surface area (Å²) in [5.41, 5.74) is 0.0767. The van der Waals surface area contributed by atoms with Gasteiger partial charge in [0.1, 0.15) is 17.4 Å². The number of hydrogen-bond acceptors (Lipinski definition) is 5. The minimum absolute atomic E-state index is 0.110. The minimum Gasteiger partial charge on any atom is -0.482 e. The van der Waals surface area contributed by atoms with Gasteiger partial charge in [-0.05, 0) is 38.5 Å². The highest BCUT2D eigenvalue weighted by atomic mass is 16.6. The standard InChI is InChI=1S/C17H23NO6/c1-11(19)18-14(16(21)22)9-12-6-5-7-13(8-12)23-10-15(20)24-17(2,3)4/h5-8,14H,9-10H2,1-4H3,(H,18,19)(H,21,22)/t14-/m0/s1. The molecule has 1 rings (SSSR count). The van der Waals surface area contributed by atoms with Crippen LogP contribution in [0.2, 0.25) is 0 Å². The molecule has 0 aliphatic heterocycles. The van der Waals surface area contributed by atoms with Crippen molar-refractivity contribution < 1.29 is 29.0 Å². The molecule has 0 aromatic heterocycles. The number of nitrogens with one attached hydrogen (secondary N) is 1. The van der Waals surface area contributed by atoms with Gasteiger partial charge < -0.3 is 19.9 Å². The van der Waals surface area contributed by atoms with E-state index in [1.807, 2.05) is 0 Å². The predicted molar refractivity (Wildman–Crippen MR) is 86.7 cm³/mol. The molecule has 7 heteroatoms. The number of hydrogen-bond donors (Lipinski definition) is 2. The Bertz CT molecular complexity index is 605. The van der Waals surface area contributed by atoms with E-state index >= 15 is 0 Å². The second kappa shape index (κ2) is 8.33. The highest BCUT2D eigenvalue weighted by Crippen LogP contribution is 2.15. The van der Waals surface area contributed by atoms with Crippen LogP contribution in [0.4, 0.5) is 0 Å². The fraction of sp³-hybridized carbons (Fsp3) is 0.471. The van der Waals surface area contributed by atoms with Gasteiger partial charge in [0.05, 0.1) is 0 Å². The van der Waals surface area contributed by atoms with Gasteiger partial charge in [0.15, 0.2) is 6.61 Å². The molecular formula is C17H23NO6. The summed E-state index contributed by atoms with van der Waals surface area (Å²) in [5, 5.41) is 11.5. The van der Waals surface area contributed by atoms with Gasteiger partial charge in [0.2, 0.25) is 5.91 Å². The van der Waals surface area contributed by atoms with Gasteiger partial charge in [-0.3, -0.25) is 4.79 Å². The molecule has 0 spiro atoms. The van der Waals surface area contributed by atoms with Crippen molar-refractivity contribution in [3.05, 3.63) is 29.8 Å². The summed E-state index contributed by atoms with van der Waals surface area (Å²) in [6, 6.07) is 5.66. The number of aliphatic carboxylic acids is 1. The SMILES string of the molecule is CC(=O)N[C@@H](Cc1cccc(OCC(=O)OC(C)(C)C)c1)C(=O)O. The number of esters is 1. The van der Waals surface area contributed by atoms with Gasteiger partial charge in [-0.15, -0.1) is 0 Å². The smallest absolute Gasteiger partial charge is 0.344 e. The number of benzene rings is 1.